The van der Waals surface area contributed by atoms with Gasteiger partial charge in [-0.1, -0.05) is 15.9 Å². The molecule has 2 aliphatic rings. The molecule has 5 rings (SSSR count). The number of ether oxygens (including phenoxy) is 2. The number of halogens is 4. The minimum Gasteiger partial charge on any atom is -0.491 e. The standard InChI is InChI=1S/C30H33BrF3N5O4/c1-7-42-23-12-22(36-13-21(23)32)17(2)39-16-29(15-30(29,33)34)24-19(25(39)40)10-18(11-20(24)31)14-38-9-8-35-26(38)37(6)27(41)43-28(3,4)5/h8-13,17H,7,14-16H2,1-6H3. The van der Waals surface area contributed by atoms with Crippen molar-refractivity contribution in [3.63, 3.8) is 0 Å². The van der Waals surface area contributed by atoms with E-state index in [1.807, 2.05) is 0 Å². The highest BCUT2D eigenvalue weighted by Gasteiger charge is 2.75. The molecule has 13 heteroatoms. The largest absolute Gasteiger partial charge is 0.491 e. The lowest BCUT2D eigenvalue weighted by atomic mass is 9.84. The number of nitrogens with zero attached hydrogens (tertiary/aromatic N) is 5. The molecule has 1 aliphatic heterocycles. The van der Waals surface area contributed by atoms with Crippen molar-refractivity contribution < 1.29 is 32.2 Å². The zero-order valence-corrected chi connectivity index (χ0v) is 26.3. The van der Waals surface area contributed by atoms with E-state index in [1.165, 1.54) is 29.1 Å². The van der Waals surface area contributed by atoms with E-state index < -0.39 is 47.2 Å². The van der Waals surface area contributed by atoms with Crippen molar-refractivity contribution in [1.82, 2.24) is 19.4 Å². The summed E-state index contributed by atoms with van der Waals surface area (Å²) in [6.07, 6.45) is 3.21. The summed E-state index contributed by atoms with van der Waals surface area (Å²) in [4.78, 5) is 37.7. The molecule has 0 N–H and O–H groups in total. The van der Waals surface area contributed by atoms with Crippen molar-refractivity contribution in [2.45, 2.75) is 70.6 Å². The smallest absolute Gasteiger partial charge is 0.416 e. The van der Waals surface area contributed by atoms with E-state index in [1.54, 1.807) is 57.5 Å². The first-order chi connectivity index (χ1) is 20.1. The second-order valence-electron chi connectivity index (χ2n) is 11.9. The van der Waals surface area contributed by atoms with Gasteiger partial charge in [0.25, 0.3) is 11.8 Å². The van der Waals surface area contributed by atoms with Gasteiger partial charge in [0.05, 0.1) is 36.5 Å². The molecule has 3 heterocycles. The van der Waals surface area contributed by atoms with Gasteiger partial charge in [-0.2, -0.15) is 0 Å². The fourth-order valence-corrected chi connectivity index (χ4v) is 6.41. The normalized spacial score (nSPS) is 19.7. The van der Waals surface area contributed by atoms with Gasteiger partial charge in [-0.3, -0.25) is 14.7 Å². The number of carbonyl (C=O) groups is 2. The van der Waals surface area contributed by atoms with Crippen molar-refractivity contribution in [1.29, 1.82) is 0 Å². The lowest BCUT2D eigenvalue weighted by molar-refractivity contribution is 0.0451. The van der Waals surface area contributed by atoms with Crippen LogP contribution in [0.25, 0.3) is 0 Å². The average Bonchev–Trinajstić information content (AvgIpc) is 3.20. The number of hydrogen-bond acceptors (Lipinski definition) is 6. The summed E-state index contributed by atoms with van der Waals surface area (Å²) in [6.45, 7) is 8.87. The molecular weight excluding hydrogens is 631 g/mol. The van der Waals surface area contributed by atoms with Gasteiger partial charge in [-0.15, -0.1) is 0 Å². The Morgan fingerprint density at radius 2 is 1.93 bits per heavy atom. The summed E-state index contributed by atoms with van der Waals surface area (Å²) in [5.74, 6) is -3.83. The maximum Gasteiger partial charge on any atom is 0.416 e. The van der Waals surface area contributed by atoms with Crippen LogP contribution in [0.4, 0.5) is 23.9 Å². The van der Waals surface area contributed by atoms with Crippen LogP contribution in [0.3, 0.4) is 0 Å². The molecule has 2 aromatic heterocycles. The number of pyridine rings is 1. The fraction of sp³-hybridized carbons (Fsp3) is 0.467. The number of aromatic nitrogens is 3. The predicted octanol–water partition coefficient (Wildman–Crippen LogP) is 6.49. The van der Waals surface area contributed by atoms with Crippen LogP contribution in [0.2, 0.25) is 0 Å². The number of amides is 2. The lowest BCUT2D eigenvalue weighted by Crippen LogP contribution is -2.47. The molecule has 230 valence electrons. The Hall–Kier alpha value is -3.61. The first-order valence-corrected chi connectivity index (χ1v) is 14.7. The predicted molar refractivity (Wildman–Crippen MR) is 156 cm³/mol. The van der Waals surface area contributed by atoms with Gasteiger partial charge in [-0.05, 0) is 57.9 Å². The van der Waals surface area contributed by atoms with Crippen LogP contribution in [0.5, 0.6) is 5.75 Å². The highest BCUT2D eigenvalue weighted by atomic mass is 79.9. The Kier molecular flexibility index (Phi) is 7.77. The van der Waals surface area contributed by atoms with Crippen molar-refractivity contribution in [2.24, 2.45) is 0 Å². The van der Waals surface area contributed by atoms with Crippen molar-refractivity contribution >= 4 is 33.9 Å². The molecule has 9 nitrogen and oxygen atoms in total. The lowest BCUT2D eigenvalue weighted by Gasteiger charge is -2.39. The van der Waals surface area contributed by atoms with Gasteiger partial charge in [0.1, 0.15) is 5.60 Å². The number of anilines is 1. The number of alkyl halides is 2. The number of fused-ring (bicyclic) bond motifs is 2. The van der Waals surface area contributed by atoms with Crippen LogP contribution in [-0.4, -0.2) is 63.2 Å². The first kappa shape index (κ1) is 30.8. The molecule has 0 bridgehead atoms. The van der Waals surface area contributed by atoms with Crippen LogP contribution in [-0.2, 0) is 16.7 Å². The second-order valence-corrected chi connectivity index (χ2v) is 12.8. The zero-order chi connectivity index (χ0) is 31.5. The summed E-state index contributed by atoms with van der Waals surface area (Å²) in [7, 11) is 1.54. The van der Waals surface area contributed by atoms with E-state index in [0.717, 1.165) is 6.20 Å². The monoisotopic (exact) mass is 663 g/mol. The van der Waals surface area contributed by atoms with Crippen LogP contribution in [0.1, 0.15) is 74.3 Å². The summed E-state index contributed by atoms with van der Waals surface area (Å²) in [5.41, 5.74) is -0.902. The third-order valence-electron chi connectivity index (χ3n) is 7.71. The minimum absolute atomic E-state index is 0.0202. The van der Waals surface area contributed by atoms with Crippen molar-refractivity contribution in [3.05, 3.63) is 69.5 Å². The first-order valence-electron chi connectivity index (χ1n) is 13.9. The van der Waals surface area contributed by atoms with Crippen LogP contribution < -0.4 is 9.64 Å². The number of carbonyl (C=O) groups excluding carboxylic acids is 2. The van der Waals surface area contributed by atoms with E-state index in [4.69, 9.17) is 9.47 Å². The van der Waals surface area contributed by atoms with E-state index in [0.29, 0.717) is 21.7 Å². The van der Waals surface area contributed by atoms with Gasteiger partial charge >= 0.3 is 6.09 Å². The number of benzene rings is 1. The number of hydrogen-bond donors (Lipinski definition) is 0. The second kappa shape index (κ2) is 10.8. The van der Waals surface area contributed by atoms with E-state index >= 15 is 8.78 Å². The molecule has 2 amide bonds. The molecular formula is C30H33BrF3N5O4. The van der Waals surface area contributed by atoms with Crippen LogP contribution in [0, 0.1) is 5.82 Å². The maximum absolute atomic E-state index is 15.2. The van der Waals surface area contributed by atoms with Crippen LogP contribution in [0.15, 0.2) is 41.3 Å². The molecule has 0 radical (unpaired) electrons. The van der Waals surface area contributed by atoms with E-state index in [-0.39, 0.29) is 36.6 Å². The Balaban J connectivity index is 1.50. The third-order valence-corrected chi connectivity index (χ3v) is 8.33. The Labute approximate surface area is 256 Å². The Morgan fingerprint density at radius 3 is 2.56 bits per heavy atom. The van der Waals surface area contributed by atoms with Crippen molar-refractivity contribution in [3.8, 4) is 5.75 Å². The molecule has 0 saturated heterocycles. The molecule has 1 aliphatic carbocycles. The summed E-state index contributed by atoms with van der Waals surface area (Å²) < 4.78 is 57.4. The minimum atomic E-state index is -3.02. The van der Waals surface area contributed by atoms with Crippen molar-refractivity contribution in [2.75, 3.05) is 25.1 Å². The molecule has 1 fully saturated rings. The van der Waals surface area contributed by atoms with E-state index in [9.17, 15) is 14.0 Å². The molecule has 3 aromatic rings. The average molecular weight is 665 g/mol. The Morgan fingerprint density at radius 1 is 1.23 bits per heavy atom. The molecule has 1 saturated carbocycles. The molecule has 2 unspecified atom stereocenters. The Bertz CT molecular complexity index is 1590. The van der Waals surface area contributed by atoms with Gasteiger partial charge < -0.3 is 18.9 Å². The van der Waals surface area contributed by atoms with Gasteiger partial charge in [-0.25, -0.2) is 22.9 Å². The maximum atomic E-state index is 15.2. The van der Waals surface area contributed by atoms with E-state index in [2.05, 4.69) is 25.9 Å². The molecule has 2 atom stereocenters. The van der Waals surface area contributed by atoms with Gasteiger partial charge in [0, 0.05) is 48.5 Å². The molecule has 1 spiro atoms. The summed E-state index contributed by atoms with van der Waals surface area (Å²) in [6, 6.07) is 3.99. The topological polar surface area (TPSA) is 89.8 Å². The van der Waals surface area contributed by atoms with Gasteiger partial charge in [0.15, 0.2) is 11.6 Å². The summed E-state index contributed by atoms with van der Waals surface area (Å²) in [5, 5.41) is 0. The summed E-state index contributed by atoms with van der Waals surface area (Å²) >= 11 is 3.49. The van der Waals surface area contributed by atoms with Crippen LogP contribution >= 0.6 is 15.9 Å². The fourth-order valence-electron chi connectivity index (χ4n) is 5.52. The molecule has 1 aromatic carbocycles. The van der Waals surface area contributed by atoms with Gasteiger partial charge in [0.2, 0.25) is 5.95 Å². The number of imidazole rings is 1. The third kappa shape index (κ3) is 5.59. The highest BCUT2D eigenvalue weighted by Crippen LogP contribution is 2.65. The SMILES string of the molecule is CCOc1cc(C(C)N2CC3(CC3(F)F)c3c(Br)cc(Cn4ccnc4N(C)C(=O)OC(C)(C)C)cc3C2=O)ncc1F. The quantitative estimate of drug-likeness (QED) is 0.287. The number of rotatable bonds is 7. The highest BCUT2D eigenvalue weighted by molar-refractivity contribution is 9.10. The zero-order valence-electron chi connectivity index (χ0n) is 24.8. The molecule has 43 heavy (non-hydrogen) atoms.